The fourth-order valence-electron chi connectivity index (χ4n) is 2.04. The normalized spacial score (nSPS) is 21.2. The number of hydrogen-bond donors (Lipinski definition) is 0. The van der Waals surface area contributed by atoms with Crippen LogP contribution >= 0.6 is 0 Å². The van der Waals surface area contributed by atoms with Crippen LogP contribution in [0.2, 0.25) is 0 Å². The van der Waals surface area contributed by atoms with Crippen molar-refractivity contribution in [1.82, 2.24) is 14.5 Å². The lowest BCUT2D eigenvalue weighted by molar-refractivity contribution is -0.135. The maximum absolute atomic E-state index is 11.7. The molecule has 1 aromatic heterocycles. The van der Waals surface area contributed by atoms with Gasteiger partial charge in [0.2, 0.25) is 5.91 Å². The van der Waals surface area contributed by atoms with Crippen molar-refractivity contribution in [3.63, 3.8) is 0 Å². The Labute approximate surface area is 83.5 Å². The molecule has 0 N–H and O–H groups in total. The van der Waals surface area contributed by atoms with E-state index < -0.39 is 0 Å². The van der Waals surface area contributed by atoms with E-state index in [-0.39, 0.29) is 11.9 Å². The molecule has 4 heteroatoms. The van der Waals surface area contributed by atoms with Crippen LogP contribution in [0, 0.1) is 0 Å². The number of likely N-dealkylation sites (N-methyl/N-ethyl adjacent to an activating group) is 1. The Bertz CT molecular complexity index is 369. The topological polar surface area (TPSA) is 38.1 Å². The van der Waals surface area contributed by atoms with Crippen molar-refractivity contribution in [1.29, 1.82) is 0 Å². The Balaban J connectivity index is 2.48. The highest BCUT2D eigenvalue weighted by Crippen LogP contribution is 2.23. The summed E-state index contributed by atoms with van der Waals surface area (Å²) in [4.78, 5) is 17.8. The number of carbonyl (C=O) groups excluding carboxylic acids is 1. The predicted molar refractivity (Wildman–Crippen MR) is 52.8 cm³/mol. The maximum Gasteiger partial charge on any atom is 0.245 e. The summed E-state index contributed by atoms with van der Waals surface area (Å²) in [5.74, 6) is 1.18. The molecule has 0 saturated carbocycles. The smallest absolute Gasteiger partial charge is 0.245 e. The van der Waals surface area contributed by atoms with Crippen molar-refractivity contribution in [2.75, 3.05) is 7.05 Å². The van der Waals surface area contributed by atoms with Gasteiger partial charge in [-0.2, -0.15) is 0 Å². The summed E-state index contributed by atoms with van der Waals surface area (Å²) in [6.45, 7) is 4.67. The zero-order chi connectivity index (χ0) is 10.3. The third-order valence-electron chi connectivity index (χ3n) is 2.79. The molecule has 76 valence electrons. The molecule has 1 amide bonds. The molecular weight excluding hydrogens is 178 g/mol. The third-order valence-corrected chi connectivity index (χ3v) is 2.79. The molecule has 1 unspecified atom stereocenters. The van der Waals surface area contributed by atoms with Gasteiger partial charge in [0, 0.05) is 13.5 Å². The third kappa shape index (κ3) is 1.14. The molecule has 2 rings (SSSR count). The van der Waals surface area contributed by atoms with Gasteiger partial charge in [-0.15, -0.1) is 0 Å². The fraction of sp³-hybridized carbons (Fsp3) is 0.600. The minimum Gasteiger partial charge on any atom is -0.338 e. The van der Waals surface area contributed by atoms with Crippen molar-refractivity contribution in [2.45, 2.75) is 32.9 Å². The van der Waals surface area contributed by atoms with Crippen molar-refractivity contribution >= 4 is 5.91 Å². The number of rotatable bonds is 1. The van der Waals surface area contributed by atoms with Gasteiger partial charge in [-0.3, -0.25) is 4.79 Å². The molecule has 4 nitrogen and oxygen atoms in total. The van der Waals surface area contributed by atoms with E-state index >= 15 is 0 Å². The lowest BCUT2D eigenvalue weighted by Crippen LogP contribution is -2.39. The van der Waals surface area contributed by atoms with Crippen molar-refractivity contribution in [3.8, 4) is 0 Å². The number of nitrogens with zero attached hydrogens (tertiary/aromatic N) is 3. The Morgan fingerprint density at radius 1 is 1.64 bits per heavy atom. The van der Waals surface area contributed by atoms with E-state index in [0.29, 0.717) is 6.54 Å². The van der Waals surface area contributed by atoms with Crippen molar-refractivity contribution in [2.24, 2.45) is 0 Å². The molecule has 0 radical (unpaired) electrons. The van der Waals surface area contributed by atoms with Crippen LogP contribution in [0.5, 0.6) is 0 Å². The fourth-order valence-corrected chi connectivity index (χ4v) is 2.04. The number of aromatic nitrogens is 2. The monoisotopic (exact) mass is 193 g/mol. The summed E-state index contributed by atoms with van der Waals surface area (Å²) < 4.78 is 2.06. The van der Waals surface area contributed by atoms with Crippen LogP contribution in [0.4, 0.5) is 0 Å². The largest absolute Gasteiger partial charge is 0.338 e. The molecular formula is C10H15N3O. The number of carbonyl (C=O) groups is 1. The molecule has 0 spiro atoms. The minimum absolute atomic E-state index is 0.0961. The van der Waals surface area contributed by atoms with E-state index in [0.717, 1.165) is 17.9 Å². The molecule has 0 aliphatic carbocycles. The molecule has 1 aromatic rings. The minimum atomic E-state index is -0.0961. The van der Waals surface area contributed by atoms with Gasteiger partial charge in [-0.05, 0) is 6.92 Å². The van der Waals surface area contributed by atoms with Gasteiger partial charge in [-0.25, -0.2) is 4.98 Å². The summed E-state index contributed by atoms with van der Waals surface area (Å²) in [5, 5.41) is 0. The average molecular weight is 193 g/mol. The molecule has 0 saturated heterocycles. The van der Waals surface area contributed by atoms with E-state index in [1.54, 1.807) is 4.90 Å². The van der Waals surface area contributed by atoms with Gasteiger partial charge in [0.25, 0.3) is 0 Å². The molecule has 1 aliphatic heterocycles. The maximum atomic E-state index is 11.7. The van der Waals surface area contributed by atoms with E-state index in [1.807, 2.05) is 20.2 Å². The highest BCUT2D eigenvalue weighted by Gasteiger charge is 2.28. The molecule has 1 atom stereocenters. The zero-order valence-electron chi connectivity index (χ0n) is 8.82. The zero-order valence-corrected chi connectivity index (χ0v) is 8.82. The first-order valence-electron chi connectivity index (χ1n) is 4.95. The van der Waals surface area contributed by atoms with E-state index in [9.17, 15) is 4.79 Å². The SMILES string of the molecule is CCc1ncc2n1C(C)C(=O)N(C)C2. The van der Waals surface area contributed by atoms with Gasteiger partial charge in [0.05, 0.1) is 18.4 Å². The Morgan fingerprint density at radius 3 is 3.00 bits per heavy atom. The lowest BCUT2D eigenvalue weighted by Gasteiger charge is -2.30. The first kappa shape index (κ1) is 9.24. The molecule has 14 heavy (non-hydrogen) atoms. The molecule has 0 bridgehead atoms. The van der Waals surface area contributed by atoms with E-state index in [2.05, 4.69) is 16.5 Å². The van der Waals surface area contributed by atoms with Gasteiger partial charge in [0.1, 0.15) is 11.9 Å². The van der Waals surface area contributed by atoms with E-state index in [1.165, 1.54) is 0 Å². The molecule has 0 fully saturated rings. The molecule has 0 aromatic carbocycles. The quantitative estimate of drug-likeness (QED) is 0.666. The van der Waals surface area contributed by atoms with Crippen LogP contribution in [0.3, 0.4) is 0 Å². The second-order valence-electron chi connectivity index (χ2n) is 3.76. The number of amides is 1. The van der Waals surface area contributed by atoms with Crippen LogP contribution in [-0.2, 0) is 17.8 Å². The number of hydrogen-bond acceptors (Lipinski definition) is 2. The Morgan fingerprint density at radius 2 is 2.36 bits per heavy atom. The number of imidazole rings is 1. The van der Waals surface area contributed by atoms with Crippen LogP contribution in [0.1, 0.15) is 31.4 Å². The Kier molecular flexibility index (Phi) is 2.06. The van der Waals surface area contributed by atoms with Crippen molar-refractivity contribution < 1.29 is 4.79 Å². The summed E-state index contributed by atoms with van der Waals surface area (Å²) >= 11 is 0. The lowest BCUT2D eigenvalue weighted by atomic mass is 10.2. The van der Waals surface area contributed by atoms with Crippen LogP contribution < -0.4 is 0 Å². The summed E-state index contributed by atoms with van der Waals surface area (Å²) in [7, 11) is 1.83. The second-order valence-corrected chi connectivity index (χ2v) is 3.76. The average Bonchev–Trinajstić information content (AvgIpc) is 2.57. The van der Waals surface area contributed by atoms with Crippen LogP contribution in [-0.4, -0.2) is 27.4 Å². The highest BCUT2D eigenvalue weighted by molar-refractivity contribution is 5.81. The standard InChI is InChI=1S/C10H15N3O/c1-4-9-11-5-8-6-12(3)10(14)7(2)13(8)9/h5,7H,4,6H2,1-3H3. The summed E-state index contributed by atoms with van der Waals surface area (Å²) in [6, 6.07) is -0.0961. The molecule has 1 aliphatic rings. The van der Waals surface area contributed by atoms with Gasteiger partial charge in [0.15, 0.2) is 0 Å². The van der Waals surface area contributed by atoms with E-state index in [4.69, 9.17) is 0 Å². The molecule has 2 heterocycles. The second kappa shape index (κ2) is 3.12. The highest BCUT2D eigenvalue weighted by atomic mass is 16.2. The number of fused-ring (bicyclic) bond motifs is 1. The van der Waals surface area contributed by atoms with Gasteiger partial charge in [-0.1, -0.05) is 6.92 Å². The summed E-state index contributed by atoms with van der Waals surface area (Å²) in [6.07, 6.45) is 2.75. The number of aryl methyl sites for hydroxylation is 1. The van der Waals surface area contributed by atoms with Crippen molar-refractivity contribution in [3.05, 3.63) is 17.7 Å². The summed E-state index contributed by atoms with van der Waals surface area (Å²) in [5.41, 5.74) is 1.14. The van der Waals surface area contributed by atoms with Crippen LogP contribution in [0.15, 0.2) is 6.20 Å². The van der Waals surface area contributed by atoms with Gasteiger partial charge < -0.3 is 9.47 Å². The first-order chi connectivity index (χ1) is 6.65. The first-order valence-corrected chi connectivity index (χ1v) is 4.95. The Hall–Kier alpha value is -1.32. The van der Waals surface area contributed by atoms with Crippen LogP contribution in [0.25, 0.3) is 0 Å². The van der Waals surface area contributed by atoms with Gasteiger partial charge >= 0.3 is 0 Å². The predicted octanol–water partition coefficient (Wildman–Crippen LogP) is 0.979.